The maximum atomic E-state index is 14.5. The summed E-state index contributed by atoms with van der Waals surface area (Å²) in [5.41, 5.74) is 1.40. The molecule has 4 aromatic rings. The van der Waals surface area contributed by atoms with Crippen LogP contribution in [0.5, 0.6) is 5.75 Å². The molecule has 0 heterocycles. The number of nitrogens with two attached hydrogens (primary N) is 1. The Morgan fingerprint density at radius 1 is 0.618 bits per heavy atom. The molecule has 0 amide bonds. The van der Waals surface area contributed by atoms with Gasteiger partial charge in [0.25, 0.3) is 40.5 Å². The van der Waals surface area contributed by atoms with E-state index in [1.165, 1.54) is 0 Å². The molecule has 0 radical (unpaired) electrons. The van der Waals surface area contributed by atoms with Gasteiger partial charge in [0, 0.05) is 6.07 Å². The number of halogens is 1. The van der Waals surface area contributed by atoms with Gasteiger partial charge in [-0.25, -0.2) is 17.0 Å². The lowest BCUT2D eigenvalue weighted by atomic mass is 10.1. The van der Waals surface area contributed by atoms with Crippen LogP contribution < -0.4 is 5.73 Å². The first kappa shape index (κ1) is 43.1. The van der Waals surface area contributed by atoms with Crippen molar-refractivity contribution >= 4 is 99.9 Å². The molecule has 0 fully saturated rings. The van der Waals surface area contributed by atoms with E-state index in [1.54, 1.807) is 0 Å². The fourth-order valence-corrected chi connectivity index (χ4v) is 8.50. The monoisotopic (exact) mass is 893 g/mol. The molecule has 298 valence electrons. The van der Waals surface area contributed by atoms with E-state index in [1.807, 2.05) is 0 Å². The Hall–Kier alpha value is -4.67. The summed E-state index contributed by atoms with van der Waals surface area (Å²) in [6.07, 6.45) is 0. The van der Waals surface area contributed by atoms with E-state index in [2.05, 4.69) is 24.6 Å². The number of anilines is 1. The normalized spacial score (nSPS) is 13.6. The van der Waals surface area contributed by atoms with Crippen LogP contribution in [-0.2, 0) is 64.9 Å². The molecule has 24 nitrogen and oxygen atoms in total. The minimum Gasteiger partial charge on any atom is -0.505 e. The summed E-state index contributed by atoms with van der Waals surface area (Å²) in [4.78, 5) is -6.16. The number of benzene rings is 4. The summed E-state index contributed by atoms with van der Waals surface area (Å²) in [6.45, 7) is -0.946. The number of nitrogens with zero attached hydrogens (tertiary/aromatic N) is 4. The molecule has 0 aliphatic carbocycles. The van der Waals surface area contributed by atoms with Gasteiger partial charge in [0.2, 0.25) is 0 Å². The summed E-state index contributed by atoms with van der Waals surface area (Å²) in [7, 11) is -30.9. The van der Waals surface area contributed by atoms with Gasteiger partial charge in [0.05, 0.1) is 34.0 Å². The number of azo groups is 2. The van der Waals surface area contributed by atoms with E-state index >= 15 is 0 Å². The molecule has 0 unspecified atom stereocenters. The third kappa shape index (κ3) is 9.96. The molecule has 0 saturated carbocycles. The molecule has 0 atom stereocenters. The number of phenols is 1. The number of aromatic hydroxyl groups is 1. The second-order valence-electron chi connectivity index (χ2n) is 10.4. The first-order valence-electron chi connectivity index (χ1n) is 13.6. The maximum Gasteiger partial charge on any atom is 0.397 e. The first-order chi connectivity index (χ1) is 24.9. The number of sulfone groups is 1. The van der Waals surface area contributed by atoms with Gasteiger partial charge in [-0.05, 0) is 47.9 Å². The van der Waals surface area contributed by atoms with Crippen molar-refractivity contribution in [2.24, 2.45) is 20.5 Å². The molecular formula is C24H20FN5O19S6. The summed E-state index contributed by atoms with van der Waals surface area (Å²) in [5.74, 6) is -4.15. The lowest BCUT2D eigenvalue weighted by molar-refractivity contribution is 0.284. The van der Waals surface area contributed by atoms with Crippen LogP contribution in [0.1, 0.15) is 0 Å². The fourth-order valence-electron chi connectivity index (χ4n) is 4.41. The van der Waals surface area contributed by atoms with Crippen molar-refractivity contribution in [1.29, 1.82) is 0 Å². The molecule has 55 heavy (non-hydrogen) atoms. The molecular weight excluding hydrogens is 874 g/mol. The van der Waals surface area contributed by atoms with E-state index in [0.717, 1.165) is 24.3 Å². The molecule has 0 spiro atoms. The quantitative estimate of drug-likeness (QED) is 0.0576. The molecule has 0 aliphatic rings. The number of nitrogen functional groups attached to an aromatic ring is 1. The van der Waals surface area contributed by atoms with Gasteiger partial charge in [-0.2, -0.15) is 47.2 Å². The zero-order valence-electron chi connectivity index (χ0n) is 26.2. The number of hydrogen-bond acceptors (Lipinski definition) is 19. The van der Waals surface area contributed by atoms with Crippen molar-refractivity contribution in [1.82, 2.24) is 0 Å². The van der Waals surface area contributed by atoms with E-state index < -0.39 is 143 Å². The molecule has 0 bridgehead atoms. The van der Waals surface area contributed by atoms with Crippen molar-refractivity contribution < 1.29 is 87.0 Å². The predicted molar refractivity (Wildman–Crippen MR) is 180 cm³/mol. The van der Waals surface area contributed by atoms with E-state index in [4.69, 9.17) is 10.3 Å². The summed E-state index contributed by atoms with van der Waals surface area (Å²) >= 11 is 0. The van der Waals surface area contributed by atoms with Crippen molar-refractivity contribution in [3.05, 3.63) is 54.3 Å². The molecule has 4 rings (SSSR count). The minimum atomic E-state index is -5.52. The van der Waals surface area contributed by atoms with Crippen LogP contribution >= 0.6 is 0 Å². The smallest absolute Gasteiger partial charge is 0.397 e. The van der Waals surface area contributed by atoms with Gasteiger partial charge in [-0.15, -0.1) is 15.3 Å². The van der Waals surface area contributed by atoms with E-state index in [0.29, 0.717) is 12.1 Å². The Morgan fingerprint density at radius 3 is 1.60 bits per heavy atom. The highest BCUT2D eigenvalue weighted by Gasteiger charge is 2.29. The van der Waals surface area contributed by atoms with Crippen LogP contribution in [-0.4, -0.2) is 90.7 Å². The third-order valence-electron chi connectivity index (χ3n) is 6.74. The van der Waals surface area contributed by atoms with E-state index in [9.17, 15) is 78.2 Å². The Kier molecular flexibility index (Phi) is 11.6. The van der Waals surface area contributed by atoms with Crippen molar-refractivity contribution in [3.8, 4) is 5.75 Å². The van der Waals surface area contributed by atoms with Gasteiger partial charge in [-0.1, -0.05) is 0 Å². The molecule has 31 heteroatoms. The van der Waals surface area contributed by atoms with Crippen LogP contribution in [0.15, 0.2) is 93.5 Å². The fraction of sp³-hybridized carbons (Fsp3) is 0.0833. The van der Waals surface area contributed by atoms with Gasteiger partial charge >= 0.3 is 10.4 Å². The highest BCUT2D eigenvalue weighted by atomic mass is 32.3. The number of phenolic OH excluding ortho intramolecular Hbond substituents is 1. The van der Waals surface area contributed by atoms with E-state index in [-0.39, 0.29) is 17.8 Å². The van der Waals surface area contributed by atoms with Gasteiger partial charge in [0.1, 0.15) is 42.5 Å². The summed E-state index contributed by atoms with van der Waals surface area (Å²) in [5, 5.41) is 23.6. The first-order valence-corrected chi connectivity index (χ1v) is 22.3. The third-order valence-corrected chi connectivity index (χ3v) is 12.4. The number of fused-ring (bicyclic) bond motifs is 1. The summed E-state index contributed by atoms with van der Waals surface area (Å²) in [6, 6.07) is 4.74. The average Bonchev–Trinajstić information content (AvgIpc) is 3.00. The Labute approximate surface area is 308 Å². The maximum absolute atomic E-state index is 14.5. The zero-order chi connectivity index (χ0) is 41.7. The highest BCUT2D eigenvalue weighted by molar-refractivity contribution is 7.91. The predicted octanol–water partition coefficient (Wildman–Crippen LogP) is 2.68. The van der Waals surface area contributed by atoms with Crippen LogP contribution in [0.25, 0.3) is 10.8 Å². The lowest BCUT2D eigenvalue weighted by Crippen LogP contribution is -2.15. The SMILES string of the molecule is Nc1c(N=Nc2ccc(S(=O)(=O)CCOS(=O)(=O)O)cc2)c(S(=O)(=O)O)cc2cc(S(=O)(=O)O)c(N=Nc3cc(F)c(S(=O)(=O)O)cc3S(=O)(=O)O)c(O)c12. The highest BCUT2D eigenvalue weighted by Crippen LogP contribution is 2.48. The average molecular weight is 894 g/mol. The largest absolute Gasteiger partial charge is 0.505 e. The Morgan fingerprint density at radius 2 is 1.11 bits per heavy atom. The molecule has 4 aromatic carbocycles. The lowest BCUT2D eigenvalue weighted by Gasteiger charge is -2.14. The minimum absolute atomic E-state index is 0.00641. The van der Waals surface area contributed by atoms with Crippen LogP contribution in [0, 0.1) is 5.82 Å². The number of hydrogen-bond donors (Lipinski definition) is 7. The van der Waals surface area contributed by atoms with Gasteiger partial charge in [-0.3, -0.25) is 22.8 Å². The summed E-state index contributed by atoms with van der Waals surface area (Å²) < 4.78 is 208. The van der Waals surface area contributed by atoms with Crippen LogP contribution in [0.2, 0.25) is 0 Å². The molecule has 0 aliphatic heterocycles. The Bertz CT molecular complexity index is 3010. The van der Waals surface area contributed by atoms with Crippen LogP contribution in [0.3, 0.4) is 0 Å². The van der Waals surface area contributed by atoms with Gasteiger partial charge in [0.15, 0.2) is 15.6 Å². The van der Waals surface area contributed by atoms with Crippen molar-refractivity contribution in [2.45, 2.75) is 24.5 Å². The second kappa shape index (κ2) is 14.8. The molecule has 0 aromatic heterocycles. The number of rotatable bonds is 13. The second-order valence-corrected chi connectivity index (χ2v) is 19.2. The standard InChI is InChI=1S/C24H20FN5O19S6/c25-14-9-15(17(52(37,38)39)10-16(14)51(34,35)36)28-30-23-19(54(43,44)45)8-11-7-18(53(40,41)42)22(21(26)20(11)24(23)31)29-27-12-1-3-13(4-2-12)50(32,33)6-5-49-55(46,47)48/h1-4,7-10,31H,5-6,26H2,(H,34,35,36)(H,37,38,39)(H,40,41,42)(H,43,44,45)(H,46,47,48). The van der Waals surface area contributed by atoms with Crippen molar-refractivity contribution in [2.75, 3.05) is 18.1 Å². The van der Waals surface area contributed by atoms with Crippen molar-refractivity contribution in [3.63, 3.8) is 0 Å². The van der Waals surface area contributed by atoms with Crippen LogP contribution in [0.4, 0.5) is 32.8 Å². The Balaban J connectivity index is 1.92. The topological polar surface area (TPSA) is 411 Å². The van der Waals surface area contributed by atoms with Gasteiger partial charge < -0.3 is 10.8 Å². The molecule has 8 N–H and O–H groups in total. The zero-order valence-corrected chi connectivity index (χ0v) is 31.1. The molecule has 0 saturated heterocycles.